The molecule has 0 saturated carbocycles. The van der Waals surface area contributed by atoms with Crippen molar-refractivity contribution in [3.8, 4) is 0 Å². The maximum Gasteiger partial charge on any atom is 0.315 e. The molecule has 2 amide bonds. The van der Waals surface area contributed by atoms with Crippen LogP contribution in [-0.2, 0) is 6.54 Å². The lowest BCUT2D eigenvalue weighted by molar-refractivity contribution is 0.145. The number of carbonyl (C=O) groups is 1. The molecule has 1 heterocycles. The highest BCUT2D eigenvalue weighted by atomic mass is 19.3. The van der Waals surface area contributed by atoms with E-state index in [9.17, 15) is 13.6 Å². The molecule has 0 radical (unpaired) electrons. The summed E-state index contributed by atoms with van der Waals surface area (Å²) in [6, 6.07) is 0.904. The van der Waals surface area contributed by atoms with Gasteiger partial charge in [0.15, 0.2) is 0 Å². The summed E-state index contributed by atoms with van der Waals surface area (Å²) < 4.78 is 25.0. The van der Waals surface area contributed by atoms with Crippen LogP contribution in [0.25, 0.3) is 0 Å². The van der Waals surface area contributed by atoms with Crippen LogP contribution in [0.15, 0.2) is 24.4 Å². The first-order valence-corrected chi connectivity index (χ1v) is 6.85. The average molecular weight is 296 g/mol. The van der Waals surface area contributed by atoms with Gasteiger partial charge in [-0.2, -0.15) is 0 Å². The Balaban J connectivity index is 1.83. The number of alkyl halides is 2. The second kappa shape index (κ2) is 7.10. The van der Waals surface area contributed by atoms with Crippen molar-refractivity contribution >= 4 is 6.03 Å². The standard InChI is InChI=1S/C14H18F2N4O/c1-9-4-2-3-5-10(9)20-14(21)18-8-12-17-7-6-11(19-12)13(15)16/h2-3,6-7,9-10,13H,4-5,8H2,1H3,(H2,18,20,21)/t9-,10-/m1/s1. The Kier molecular flexibility index (Phi) is 5.19. The summed E-state index contributed by atoms with van der Waals surface area (Å²) in [7, 11) is 0. The minimum Gasteiger partial charge on any atom is -0.335 e. The van der Waals surface area contributed by atoms with E-state index >= 15 is 0 Å². The molecule has 21 heavy (non-hydrogen) atoms. The minimum absolute atomic E-state index is 0.0172. The Labute approximate surface area is 121 Å². The van der Waals surface area contributed by atoms with Gasteiger partial charge in [-0.3, -0.25) is 0 Å². The van der Waals surface area contributed by atoms with Gasteiger partial charge in [0.2, 0.25) is 0 Å². The lowest BCUT2D eigenvalue weighted by atomic mass is 9.91. The fourth-order valence-corrected chi connectivity index (χ4v) is 2.15. The van der Waals surface area contributed by atoms with Gasteiger partial charge in [0, 0.05) is 12.2 Å². The number of nitrogens with zero attached hydrogens (tertiary/aromatic N) is 2. The summed E-state index contributed by atoms with van der Waals surface area (Å²) in [6.07, 6.45) is 4.49. The van der Waals surface area contributed by atoms with Gasteiger partial charge in [0.05, 0.1) is 6.54 Å². The summed E-state index contributed by atoms with van der Waals surface area (Å²) in [6.45, 7) is 2.09. The summed E-state index contributed by atoms with van der Waals surface area (Å²) >= 11 is 0. The summed E-state index contributed by atoms with van der Waals surface area (Å²) in [4.78, 5) is 19.3. The smallest absolute Gasteiger partial charge is 0.315 e. The van der Waals surface area contributed by atoms with Gasteiger partial charge in [-0.05, 0) is 24.8 Å². The number of nitrogens with one attached hydrogen (secondary N) is 2. The highest BCUT2D eigenvalue weighted by molar-refractivity contribution is 5.74. The van der Waals surface area contributed by atoms with Gasteiger partial charge < -0.3 is 10.6 Å². The van der Waals surface area contributed by atoms with Crippen molar-refractivity contribution < 1.29 is 13.6 Å². The molecule has 0 aromatic carbocycles. The lowest BCUT2D eigenvalue weighted by Crippen LogP contribution is -2.45. The van der Waals surface area contributed by atoms with Crippen LogP contribution in [-0.4, -0.2) is 22.0 Å². The third kappa shape index (κ3) is 4.47. The third-order valence-corrected chi connectivity index (χ3v) is 3.43. The van der Waals surface area contributed by atoms with E-state index in [4.69, 9.17) is 0 Å². The summed E-state index contributed by atoms with van der Waals surface area (Å²) in [5, 5.41) is 5.46. The number of aromatic nitrogens is 2. The van der Waals surface area contributed by atoms with E-state index < -0.39 is 6.43 Å². The molecule has 0 aliphatic heterocycles. The fraction of sp³-hybridized carbons (Fsp3) is 0.500. The zero-order chi connectivity index (χ0) is 15.2. The molecule has 0 saturated heterocycles. The molecule has 1 aliphatic carbocycles. The van der Waals surface area contributed by atoms with Crippen molar-refractivity contribution in [3.63, 3.8) is 0 Å². The first-order valence-electron chi connectivity index (χ1n) is 6.85. The van der Waals surface area contributed by atoms with Crippen molar-refractivity contribution in [2.45, 2.75) is 38.8 Å². The van der Waals surface area contributed by atoms with E-state index in [1.54, 1.807) is 0 Å². The predicted octanol–water partition coefficient (Wildman–Crippen LogP) is 2.57. The molecule has 5 nitrogen and oxygen atoms in total. The zero-order valence-corrected chi connectivity index (χ0v) is 11.7. The van der Waals surface area contributed by atoms with E-state index in [2.05, 4.69) is 33.6 Å². The Morgan fingerprint density at radius 3 is 2.90 bits per heavy atom. The molecule has 1 aromatic rings. The van der Waals surface area contributed by atoms with Gasteiger partial charge in [-0.25, -0.2) is 23.5 Å². The molecule has 1 aromatic heterocycles. The highest BCUT2D eigenvalue weighted by Gasteiger charge is 2.20. The molecular formula is C14H18F2N4O. The number of carbonyl (C=O) groups excluding carboxylic acids is 1. The fourth-order valence-electron chi connectivity index (χ4n) is 2.15. The predicted molar refractivity (Wildman–Crippen MR) is 73.7 cm³/mol. The van der Waals surface area contributed by atoms with E-state index in [1.807, 2.05) is 6.08 Å². The van der Waals surface area contributed by atoms with Crippen LogP contribution in [0.3, 0.4) is 0 Å². The summed E-state index contributed by atoms with van der Waals surface area (Å²) in [5.74, 6) is 0.540. The topological polar surface area (TPSA) is 66.9 Å². The van der Waals surface area contributed by atoms with Gasteiger partial charge in [-0.15, -0.1) is 0 Å². The Morgan fingerprint density at radius 1 is 1.43 bits per heavy atom. The quantitative estimate of drug-likeness (QED) is 0.839. The van der Waals surface area contributed by atoms with Crippen molar-refractivity contribution in [2.75, 3.05) is 0 Å². The van der Waals surface area contributed by atoms with Crippen LogP contribution in [0.5, 0.6) is 0 Å². The Bertz CT molecular complexity index is 521. The van der Waals surface area contributed by atoms with Crippen LogP contribution < -0.4 is 10.6 Å². The second-order valence-electron chi connectivity index (χ2n) is 5.05. The summed E-state index contributed by atoms with van der Waals surface area (Å²) in [5.41, 5.74) is -0.340. The monoisotopic (exact) mass is 296 g/mol. The minimum atomic E-state index is -2.64. The van der Waals surface area contributed by atoms with Gasteiger partial charge >= 0.3 is 6.03 Å². The van der Waals surface area contributed by atoms with Crippen LogP contribution >= 0.6 is 0 Å². The number of urea groups is 1. The van der Waals surface area contributed by atoms with Gasteiger partial charge in [-0.1, -0.05) is 19.1 Å². The number of allylic oxidation sites excluding steroid dienone is 1. The molecule has 2 rings (SSSR count). The SMILES string of the molecule is C[C@@H]1CC=CC[C@H]1NC(=O)NCc1nccc(C(F)F)n1. The lowest BCUT2D eigenvalue weighted by Gasteiger charge is -2.26. The Morgan fingerprint density at radius 2 is 2.19 bits per heavy atom. The van der Waals surface area contributed by atoms with E-state index in [0.29, 0.717) is 5.92 Å². The van der Waals surface area contributed by atoms with Gasteiger partial charge in [0.25, 0.3) is 6.43 Å². The molecular weight excluding hydrogens is 278 g/mol. The maximum atomic E-state index is 12.5. The zero-order valence-electron chi connectivity index (χ0n) is 11.7. The molecule has 2 atom stereocenters. The van der Waals surface area contributed by atoms with Crippen LogP contribution in [0, 0.1) is 5.92 Å². The van der Waals surface area contributed by atoms with E-state index in [0.717, 1.165) is 18.9 Å². The van der Waals surface area contributed by atoms with Crippen molar-refractivity contribution in [1.29, 1.82) is 0 Å². The number of hydrogen-bond donors (Lipinski definition) is 2. The van der Waals surface area contributed by atoms with Crippen molar-refractivity contribution in [2.24, 2.45) is 5.92 Å². The average Bonchev–Trinajstić information content (AvgIpc) is 2.48. The molecule has 0 fully saturated rings. The molecule has 0 unspecified atom stereocenters. The normalized spacial score (nSPS) is 21.3. The first-order chi connectivity index (χ1) is 10.1. The molecule has 0 bridgehead atoms. The van der Waals surface area contributed by atoms with E-state index in [-0.39, 0.29) is 30.1 Å². The van der Waals surface area contributed by atoms with E-state index in [1.165, 1.54) is 6.20 Å². The Hall–Kier alpha value is -2.05. The largest absolute Gasteiger partial charge is 0.335 e. The number of rotatable bonds is 4. The van der Waals surface area contributed by atoms with Crippen LogP contribution in [0.4, 0.5) is 13.6 Å². The molecule has 2 N–H and O–H groups in total. The van der Waals surface area contributed by atoms with Crippen LogP contribution in [0.2, 0.25) is 0 Å². The first kappa shape index (κ1) is 15.3. The molecule has 1 aliphatic rings. The maximum absolute atomic E-state index is 12.5. The molecule has 114 valence electrons. The number of hydrogen-bond acceptors (Lipinski definition) is 3. The molecule has 7 heteroatoms. The number of amides is 2. The molecule has 0 spiro atoms. The van der Waals surface area contributed by atoms with Crippen molar-refractivity contribution in [1.82, 2.24) is 20.6 Å². The highest BCUT2D eigenvalue weighted by Crippen LogP contribution is 2.18. The second-order valence-corrected chi connectivity index (χ2v) is 5.05. The third-order valence-electron chi connectivity index (χ3n) is 3.43. The van der Waals surface area contributed by atoms with Crippen LogP contribution in [0.1, 0.15) is 37.7 Å². The van der Waals surface area contributed by atoms with Crippen molar-refractivity contribution in [3.05, 3.63) is 35.9 Å². The number of halogens is 2. The van der Waals surface area contributed by atoms with Gasteiger partial charge in [0.1, 0.15) is 11.5 Å².